The first-order chi connectivity index (χ1) is 27.3. The minimum absolute atomic E-state index is 0.0523. The van der Waals surface area contributed by atoms with E-state index in [1.54, 1.807) is 27.6 Å². The van der Waals surface area contributed by atoms with Gasteiger partial charge in [-0.15, -0.1) is 22.7 Å². The van der Waals surface area contributed by atoms with Crippen LogP contribution in [0.5, 0.6) is 0 Å². The lowest BCUT2D eigenvalue weighted by atomic mass is 9.93. The third-order valence-electron chi connectivity index (χ3n) is 10.3. The zero-order valence-electron chi connectivity index (χ0n) is 33.4. The maximum Gasteiger partial charge on any atom is 0.407 e. The number of ether oxygens (including phenoxy) is 2. The molecule has 4 aromatic heterocycles. The van der Waals surface area contributed by atoms with E-state index < -0.39 is 24.3 Å². The number of fused-ring (bicyclic) bond motifs is 2. The van der Waals surface area contributed by atoms with Gasteiger partial charge in [0.2, 0.25) is 5.91 Å². The molecule has 5 heterocycles. The average molecular weight is 814 g/mol. The maximum absolute atomic E-state index is 13.6. The number of hydrogen-bond acceptors (Lipinski definition) is 10. The Morgan fingerprint density at radius 3 is 2.28 bits per heavy atom. The van der Waals surface area contributed by atoms with Crippen molar-refractivity contribution in [2.24, 2.45) is 11.8 Å². The summed E-state index contributed by atoms with van der Waals surface area (Å²) in [4.78, 5) is 70.6. The van der Waals surface area contributed by atoms with Crippen LogP contribution in [0.1, 0.15) is 83.9 Å². The Morgan fingerprint density at radius 2 is 1.60 bits per heavy atom. The molecule has 1 aliphatic heterocycles. The van der Waals surface area contributed by atoms with Crippen molar-refractivity contribution in [3.8, 4) is 21.0 Å². The van der Waals surface area contributed by atoms with Crippen molar-refractivity contribution in [2.45, 2.75) is 84.3 Å². The first kappa shape index (κ1) is 41.4. The van der Waals surface area contributed by atoms with E-state index in [4.69, 9.17) is 14.7 Å². The van der Waals surface area contributed by atoms with Gasteiger partial charge in [0.15, 0.2) is 5.78 Å². The van der Waals surface area contributed by atoms with Gasteiger partial charge in [-0.1, -0.05) is 65.0 Å². The molecule has 0 fully saturated rings. The van der Waals surface area contributed by atoms with E-state index in [1.165, 1.54) is 23.6 Å². The lowest BCUT2D eigenvalue weighted by Crippen LogP contribution is -2.51. The Kier molecular flexibility index (Phi) is 13.0. The Labute approximate surface area is 340 Å². The Hall–Kier alpha value is -5.28. The highest BCUT2D eigenvalue weighted by atomic mass is 32.1. The van der Waals surface area contributed by atoms with Gasteiger partial charge in [-0.25, -0.2) is 19.6 Å². The van der Waals surface area contributed by atoms with Crippen molar-refractivity contribution in [3.63, 3.8) is 0 Å². The minimum atomic E-state index is -0.723. The molecule has 0 aliphatic carbocycles. The molecule has 0 saturated heterocycles. The number of imidazole rings is 2. The second kappa shape index (κ2) is 17.9. The summed E-state index contributed by atoms with van der Waals surface area (Å²) >= 11 is 3.46. The van der Waals surface area contributed by atoms with Crippen LogP contribution in [0.4, 0.5) is 9.59 Å². The number of nitrogens with zero attached hydrogens (tertiary/aromatic N) is 3. The van der Waals surface area contributed by atoms with E-state index in [-0.39, 0.29) is 41.9 Å². The van der Waals surface area contributed by atoms with Gasteiger partial charge in [-0.3, -0.25) is 9.59 Å². The van der Waals surface area contributed by atoms with Crippen LogP contribution >= 0.6 is 22.7 Å². The number of nitrogens with one attached hydrogen (secondary N) is 4. The largest absolute Gasteiger partial charge is 0.453 e. The SMILES string of the molecule is C=C(CCCC(C)c1ncc(-c2cc3sc(-c4ccc5nc(C6C=CCN6C(=O)[C@@H](NC(=O)OC)C(C)C)[nH]c5c4)cc3s2)[nH]1)CC(=O)[C@@H](NC(=O)OC)C(C)C. The molecular formula is C42H51N7O6S2. The summed E-state index contributed by atoms with van der Waals surface area (Å²) in [6.07, 6.45) is 7.26. The third-order valence-corrected chi connectivity index (χ3v) is 12.7. The molecular weight excluding hydrogens is 763 g/mol. The lowest BCUT2D eigenvalue weighted by Gasteiger charge is -2.29. The van der Waals surface area contributed by atoms with Crippen LogP contribution in [0.3, 0.4) is 0 Å². The number of rotatable bonds is 16. The van der Waals surface area contributed by atoms with Crippen LogP contribution in [0.2, 0.25) is 0 Å². The zero-order chi connectivity index (χ0) is 41.0. The molecule has 0 spiro atoms. The summed E-state index contributed by atoms with van der Waals surface area (Å²) in [7, 11) is 2.57. The topological polar surface area (TPSA) is 171 Å². The molecule has 0 radical (unpaired) electrons. The molecule has 4 N–H and O–H groups in total. The van der Waals surface area contributed by atoms with Crippen LogP contribution in [0, 0.1) is 11.8 Å². The quantitative estimate of drug-likeness (QED) is 0.0716. The second-order valence-electron chi connectivity index (χ2n) is 15.3. The van der Waals surface area contributed by atoms with E-state index in [2.05, 4.69) is 63.1 Å². The fourth-order valence-corrected chi connectivity index (χ4v) is 9.41. The highest BCUT2D eigenvalue weighted by molar-refractivity contribution is 7.31. The molecule has 15 heteroatoms. The summed E-state index contributed by atoms with van der Waals surface area (Å²) in [5, 5.41) is 5.32. The number of aromatic nitrogens is 4. The van der Waals surface area contributed by atoms with Gasteiger partial charge in [-0.05, 0) is 60.9 Å². The third kappa shape index (κ3) is 9.48. The van der Waals surface area contributed by atoms with Crippen molar-refractivity contribution in [3.05, 3.63) is 72.5 Å². The van der Waals surface area contributed by atoms with Gasteiger partial charge >= 0.3 is 12.2 Å². The number of hydrogen-bond donors (Lipinski definition) is 4. The standard InChI is InChI=1S/C42H51N7O6S2/c1-22(2)36(47-41(52)54-7)31(50)17-24(5)11-9-12-25(6)38-43-21-29(46-38)33-20-35-34(57-33)19-32(56-35)26-14-15-27-28(18-26)45-39(44-27)30-13-10-16-49(30)40(51)37(23(3)4)48-42(53)55-8/h10,13-15,18-23,25,30,36-37H,5,9,11-12,16-17H2,1-4,6-8H3,(H,43,46)(H,44,45)(H,47,52)(H,48,53)/t25?,30?,36-,37-/m0/s1. The van der Waals surface area contributed by atoms with Gasteiger partial charge in [-0.2, -0.15) is 0 Å². The number of H-pyrrole nitrogens is 2. The molecule has 3 amide bonds. The molecule has 2 unspecified atom stereocenters. The molecule has 1 aromatic carbocycles. The number of alkyl carbamates (subject to hydrolysis) is 2. The average Bonchev–Trinajstić information content (AvgIpc) is 4.02. The van der Waals surface area contributed by atoms with Gasteiger partial charge < -0.3 is 35.0 Å². The number of carbonyl (C=O) groups is 4. The van der Waals surface area contributed by atoms with Crippen LogP contribution in [0.25, 0.3) is 41.4 Å². The number of aromatic amines is 2. The minimum Gasteiger partial charge on any atom is -0.453 e. The van der Waals surface area contributed by atoms with Crippen LogP contribution in [-0.4, -0.2) is 81.6 Å². The van der Waals surface area contributed by atoms with Crippen LogP contribution < -0.4 is 10.6 Å². The predicted molar refractivity (Wildman–Crippen MR) is 225 cm³/mol. The van der Waals surface area contributed by atoms with Crippen molar-refractivity contribution >= 4 is 67.0 Å². The molecule has 13 nitrogen and oxygen atoms in total. The Bertz CT molecular complexity index is 2270. The van der Waals surface area contributed by atoms with E-state index in [0.29, 0.717) is 12.4 Å². The maximum atomic E-state index is 13.6. The smallest absolute Gasteiger partial charge is 0.407 e. The zero-order valence-corrected chi connectivity index (χ0v) is 35.1. The lowest BCUT2D eigenvalue weighted by molar-refractivity contribution is -0.135. The fraction of sp³-hybridized carbons (Fsp3) is 0.429. The molecule has 1 aliphatic rings. The second-order valence-corrected chi connectivity index (χ2v) is 17.4. The molecule has 0 bridgehead atoms. The molecule has 302 valence electrons. The molecule has 0 saturated carbocycles. The number of carbonyl (C=O) groups excluding carboxylic acids is 4. The van der Waals surface area contributed by atoms with E-state index >= 15 is 0 Å². The van der Waals surface area contributed by atoms with Crippen molar-refractivity contribution in [1.82, 2.24) is 35.5 Å². The number of thiophene rings is 2. The summed E-state index contributed by atoms with van der Waals surface area (Å²) in [6.45, 7) is 14.3. The van der Waals surface area contributed by atoms with Gasteiger partial charge in [0.05, 0.1) is 48.1 Å². The monoisotopic (exact) mass is 813 g/mol. The van der Waals surface area contributed by atoms with Crippen molar-refractivity contribution in [2.75, 3.05) is 20.8 Å². The van der Waals surface area contributed by atoms with Crippen molar-refractivity contribution in [1.29, 1.82) is 0 Å². The summed E-state index contributed by atoms with van der Waals surface area (Å²) in [5.41, 5.74) is 4.60. The normalized spacial score (nSPS) is 15.7. The molecule has 6 rings (SSSR count). The van der Waals surface area contributed by atoms with Gasteiger partial charge in [0.25, 0.3) is 0 Å². The van der Waals surface area contributed by atoms with E-state index in [9.17, 15) is 19.2 Å². The van der Waals surface area contributed by atoms with Gasteiger partial charge in [0, 0.05) is 33.2 Å². The van der Waals surface area contributed by atoms with E-state index in [1.807, 2.05) is 52.1 Å². The van der Waals surface area contributed by atoms with E-state index in [0.717, 1.165) is 62.7 Å². The number of Topliss-reactive ketones (excluding diaryl/α,β-unsaturated/α-hetero) is 1. The van der Waals surface area contributed by atoms with Crippen LogP contribution in [0.15, 0.2) is 60.8 Å². The molecule has 5 aromatic rings. The predicted octanol–water partition coefficient (Wildman–Crippen LogP) is 8.89. The number of benzene rings is 1. The van der Waals surface area contributed by atoms with Crippen LogP contribution in [-0.2, 0) is 19.1 Å². The molecule has 57 heavy (non-hydrogen) atoms. The van der Waals surface area contributed by atoms with Gasteiger partial charge in [0.1, 0.15) is 23.7 Å². The number of methoxy groups -OCH3 is 2. The highest BCUT2D eigenvalue weighted by Gasteiger charge is 2.35. The Balaban J connectivity index is 1.06. The number of ketones is 1. The summed E-state index contributed by atoms with van der Waals surface area (Å²) in [6, 6.07) is 8.90. The summed E-state index contributed by atoms with van der Waals surface area (Å²) < 4.78 is 11.8. The van der Waals surface area contributed by atoms with Crippen molar-refractivity contribution < 1.29 is 28.7 Å². The Morgan fingerprint density at radius 1 is 0.930 bits per heavy atom. The molecule has 4 atom stereocenters. The number of amides is 3. The fourth-order valence-electron chi connectivity index (χ4n) is 7.05. The summed E-state index contributed by atoms with van der Waals surface area (Å²) in [5.74, 6) is 1.36. The number of allylic oxidation sites excluding steroid dienone is 1. The first-order valence-corrected chi connectivity index (χ1v) is 20.8. The highest BCUT2D eigenvalue weighted by Crippen LogP contribution is 2.42. The first-order valence-electron chi connectivity index (χ1n) is 19.2.